The summed E-state index contributed by atoms with van der Waals surface area (Å²) in [5, 5.41) is 13.8. The van der Waals surface area contributed by atoms with Gasteiger partial charge in [0, 0.05) is 0 Å². The van der Waals surface area contributed by atoms with Crippen LogP contribution in [-0.4, -0.2) is 42.1 Å². The third kappa shape index (κ3) is 384. The Morgan fingerprint density at radius 1 is 1.38 bits per heavy atom. The Balaban J connectivity index is -0.0000000575. The van der Waals surface area contributed by atoms with Crippen molar-refractivity contribution in [2.75, 3.05) is 21.1 Å². The second kappa shape index (κ2) is 16.1. The van der Waals surface area contributed by atoms with Gasteiger partial charge in [-0.05, 0) is 32.1 Å². The molecular weight excluding hydrogens is 120 g/mol. The molecule has 0 bridgehead atoms. The molecule has 3 nitrogen and oxygen atoms in total. The molecule has 0 aliphatic rings. The number of hydrogen-bond acceptors (Lipinski definition) is 3. The van der Waals surface area contributed by atoms with E-state index < -0.39 is 0 Å². The largest absolute Gasteiger partial charge is 0.443 e. The van der Waals surface area contributed by atoms with E-state index in [-0.39, 0.29) is 11.0 Å². The molecule has 0 amide bonds. The molecule has 4 heteroatoms. The topological polar surface area (TPSA) is 47.3 Å². The molecule has 0 radical (unpaired) electrons. The van der Waals surface area contributed by atoms with Crippen LogP contribution in [0.4, 0.5) is 0 Å². The number of rotatable bonds is 0. The lowest BCUT2D eigenvalue weighted by Gasteiger charge is -1.90. The van der Waals surface area contributed by atoms with E-state index in [9.17, 15) is 0 Å². The zero-order valence-electron chi connectivity index (χ0n) is 4.84. The minimum Gasteiger partial charge on any atom is -0.443 e. The highest BCUT2D eigenvalue weighted by Gasteiger charge is 1.58. The van der Waals surface area contributed by atoms with Gasteiger partial charge in [-0.1, -0.05) is 0 Å². The van der Waals surface area contributed by atoms with Gasteiger partial charge in [0.05, 0.1) is 0 Å². The number of aliphatic hydroxyl groups excluding tert-OH is 1. The highest BCUT2D eigenvalue weighted by molar-refractivity contribution is 5.75. The zero-order chi connectivity index (χ0) is 6.28. The van der Waals surface area contributed by atoms with Crippen LogP contribution in [0.15, 0.2) is 0 Å². The van der Waals surface area contributed by atoms with Crippen molar-refractivity contribution in [1.29, 1.82) is 5.26 Å². The predicted octanol–water partition coefficient (Wildman–Crippen LogP) is -1.43. The Kier molecular flexibility index (Phi) is 31.5. The van der Waals surface area contributed by atoms with Gasteiger partial charge in [0.1, 0.15) is 0 Å². The molecule has 0 heterocycles. The molecule has 0 fully saturated rings. The maximum atomic E-state index is 6.88. The van der Waals surface area contributed by atoms with Crippen LogP contribution < -0.4 is 0 Å². The van der Waals surface area contributed by atoms with E-state index in [4.69, 9.17) is 10.4 Å². The van der Waals surface area contributed by atoms with Crippen molar-refractivity contribution >= 4 is 11.0 Å². The van der Waals surface area contributed by atoms with Crippen LogP contribution in [0.25, 0.3) is 0 Å². The average molecular weight is 134 g/mol. The van der Waals surface area contributed by atoms with Crippen molar-refractivity contribution < 1.29 is 5.11 Å². The molecule has 0 unspecified atom stereocenters. The van der Waals surface area contributed by atoms with Crippen molar-refractivity contribution in [2.45, 2.75) is 0 Å². The fraction of sp³-hybridized carbons (Fsp3) is 0.750. The summed E-state index contributed by atoms with van der Waals surface area (Å²) in [5.74, 6) is 0. The third-order valence-corrected chi connectivity index (χ3v) is 0. The summed E-state index contributed by atoms with van der Waals surface area (Å²) in [4.78, 5) is 2.00. The first-order chi connectivity index (χ1) is 3.15. The maximum absolute atomic E-state index is 6.88. The summed E-state index contributed by atoms with van der Waals surface area (Å²) >= 11 is 0. The number of nitriles is 1. The summed E-state index contributed by atoms with van der Waals surface area (Å²) in [5.41, 5.74) is 0. The number of hydrogen-bond donors (Lipinski definition) is 1. The molecule has 1 N–H and O–H groups in total. The van der Waals surface area contributed by atoms with Crippen molar-refractivity contribution in [3.63, 3.8) is 0 Å². The van der Waals surface area contributed by atoms with Crippen LogP contribution in [-0.2, 0) is 0 Å². The van der Waals surface area contributed by atoms with Crippen LogP contribution in [0.3, 0.4) is 0 Å². The van der Waals surface area contributed by atoms with Crippen molar-refractivity contribution in [3.05, 3.63) is 0 Å². The minimum absolute atomic E-state index is 0. The predicted molar refractivity (Wildman–Crippen MR) is 38.5 cm³/mol. The lowest BCUT2D eigenvalue weighted by atomic mass is 11.0. The first kappa shape index (κ1) is 15.7. The highest BCUT2D eigenvalue weighted by Crippen LogP contribution is 1.47. The fourth-order valence-electron chi connectivity index (χ4n) is 0. The summed E-state index contributed by atoms with van der Waals surface area (Å²) < 4.78 is 0. The summed E-state index contributed by atoms with van der Waals surface area (Å²) in [6.07, 6.45) is 0.750. The lowest BCUT2D eigenvalue weighted by Crippen LogP contribution is -1.99. The van der Waals surface area contributed by atoms with Gasteiger partial charge >= 0.3 is 0 Å². The van der Waals surface area contributed by atoms with E-state index in [1.54, 1.807) is 0 Å². The van der Waals surface area contributed by atoms with E-state index in [1.807, 2.05) is 26.0 Å². The molecule has 0 saturated heterocycles. The first-order valence-electron chi connectivity index (χ1n) is 1.79. The third-order valence-electron chi connectivity index (χ3n) is 0. The van der Waals surface area contributed by atoms with Crippen LogP contribution >= 0.6 is 0 Å². The molecule has 0 aromatic rings. The monoisotopic (exact) mass is 134 g/mol. The highest BCUT2D eigenvalue weighted by atomic mass is 28.1. The lowest BCUT2D eigenvalue weighted by molar-refractivity contribution is 0.503. The van der Waals surface area contributed by atoms with Gasteiger partial charge in [-0.15, -0.1) is 0 Å². The Morgan fingerprint density at radius 2 is 1.38 bits per heavy atom. The van der Waals surface area contributed by atoms with Gasteiger partial charge in [0.25, 0.3) is 6.26 Å². The molecule has 0 aliphatic carbocycles. The van der Waals surface area contributed by atoms with Gasteiger partial charge in [-0.25, -0.2) is 0 Å². The van der Waals surface area contributed by atoms with Crippen LogP contribution in [0.2, 0.25) is 0 Å². The first-order valence-corrected chi connectivity index (χ1v) is 1.79. The van der Waals surface area contributed by atoms with Crippen molar-refractivity contribution in [1.82, 2.24) is 4.90 Å². The van der Waals surface area contributed by atoms with Crippen LogP contribution in [0.1, 0.15) is 0 Å². The number of aliphatic hydroxyl groups is 1. The Labute approximate surface area is 54.6 Å². The average Bonchev–Trinajstić information content (AvgIpc) is 1.33. The fourth-order valence-corrected chi connectivity index (χ4v) is 0. The molecule has 0 rings (SSSR count). The standard InChI is InChI=1S/C3H9N.CHNO.H4Si/c1-4(2)3;2-1-3;/h1-3H3;3H;1H4. The van der Waals surface area contributed by atoms with Crippen LogP contribution in [0.5, 0.6) is 0 Å². The SMILES string of the molecule is CN(C)C.N#CO.[SiH4]. The Morgan fingerprint density at radius 3 is 1.38 bits per heavy atom. The summed E-state index contributed by atoms with van der Waals surface area (Å²) in [7, 11) is 6.00. The quantitative estimate of drug-likeness (QED) is 0.326. The molecular formula is C4H14N2OSi. The Bertz CT molecular complexity index is 56.8. The zero-order valence-corrected chi connectivity index (χ0v) is 4.84. The van der Waals surface area contributed by atoms with Crippen molar-refractivity contribution in [2.24, 2.45) is 0 Å². The van der Waals surface area contributed by atoms with E-state index in [0.717, 1.165) is 6.26 Å². The van der Waals surface area contributed by atoms with Gasteiger partial charge in [-0.2, -0.15) is 5.26 Å². The molecule has 0 saturated carbocycles. The van der Waals surface area contributed by atoms with E-state index in [1.165, 1.54) is 0 Å². The van der Waals surface area contributed by atoms with Gasteiger partial charge in [0.15, 0.2) is 0 Å². The van der Waals surface area contributed by atoms with Crippen LogP contribution in [0, 0.1) is 11.5 Å². The molecule has 0 aliphatic heterocycles. The molecule has 0 aromatic carbocycles. The van der Waals surface area contributed by atoms with Crippen molar-refractivity contribution in [3.8, 4) is 6.26 Å². The summed E-state index contributed by atoms with van der Waals surface area (Å²) in [6, 6.07) is 0. The second-order valence-corrected chi connectivity index (χ2v) is 1.44. The van der Waals surface area contributed by atoms with E-state index in [0.29, 0.717) is 0 Å². The Hall–Kier alpha value is -0.533. The van der Waals surface area contributed by atoms with Gasteiger partial charge in [0.2, 0.25) is 0 Å². The minimum atomic E-state index is 0. The van der Waals surface area contributed by atoms with E-state index >= 15 is 0 Å². The normalized spacial score (nSPS) is 5.38. The van der Waals surface area contributed by atoms with Gasteiger partial charge in [-0.3, -0.25) is 0 Å². The van der Waals surface area contributed by atoms with Gasteiger partial charge < -0.3 is 10.0 Å². The molecule has 0 aromatic heterocycles. The number of nitrogens with zero attached hydrogens (tertiary/aromatic N) is 2. The smallest absolute Gasteiger partial charge is 0.283 e. The maximum Gasteiger partial charge on any atom is 0.283 e. The van der Waals surface area contributed by atoms with E-state index in [2.05, 4.69) is 0 Å². The second-order valence-electron chi connectivity index (χ2n) is 1.44. The summed E-state index contributed by atoms with van der Waals surface area (Å²) in [6.45, 7) is 0. The molecule has 8 heavy (non-hydrogen) atoms. The molecule has 0 spiro atoms. The molecule has 0 atom stereocenters. The molecule has 50 valence electrons.